The number of nitrogens with zero attached hydrogens (tertiary/aromatic N) is 1. The van der Waals surface area contributed by atoms with Gasteiger partial charge in [0, 0.05) is 11.5 Å². The number of carboxylic acid groups (broad SMARTS) is 1. The Hall–Kier alpha value is -2.42. The Kier molecular flexibility index (Phi) is 6.77. The zero-order chi connectivity index (χ0) is 23.4. The number of carbonyl (C=O) groups excluding carboxylic acids is 2. The Labute approximate surface area is 219 Å². The van der Waals surface area contributed by atoms with E-state index < -0.39 is 29.9 Å². The Bertz CT molecular complexity index is 1230. The van der Waals surface area contributed by atoms with Crippen molar-refractivity contribution in [2.45, 2.75) is 26.0 Å². The summed E-state index contributed by atoms with van der Waals surface area (Å²) in [6.07, 6.45) is 0.895. The van der Waals surface area contributed by atoms with Crippen LogP contribution in [-0.4, -0.2) is 52.3 Å². The van der Waals surface area contributed by atoms with Crippen LogP contribution >= 0.6 is 0 Å². The van der Waals surface area contributed by atoms with Crippen LogP contribution in [0.3, 0.4) is 0 Å². The fourth-order valence-electron chi connectivity index (χ4n) is 5.52. The summed E-state index contributed by atoms with van der Waals surface area (Å²) in [5.41, 5.74) is 5.04. The van der Waals surface area contributed by atoms with Crippen LogP contribution in [0.1, 0.15) is 25.0 Å². The van der Waals surface area contributed by atoms with E-state index in [2.05, 4.69) is 0 Å². The van der Waals surface area contributed by atoms with Crippen molar-refractivity contribution in [2.24, 2.45) is 11.8 Å². The van der Waals surface area contributed by atoms with Crippen LogP contribution in [0.4, 0.5) is 0 Å². The molecule has 5 rings (SSSR count). The number of hydrogen-bond donors (Lipinski definition) is 2. The molecule has 1 saturated heterocycles. The fourth-order valence-corrected chi connectivity index (χ4v) is 5.52. The molecule has 0 aromatic heterocycles. The van der Waals surface area contributed by atoms with E-state index in [4.69, 9.17) is 4.74 Å². The van der Waals surface area contributed by atoms with E-state index >= 15 is 0 Å². The number of β-lactam (4-membered cyclic amide) rings is 1. The van der Waals surface area contributed by atoms with Gasteiger partial charge in [0.1, 0.15) is 12.4 Å². The minimum absolute atomic E-state index is 0. The van der Waals surface area contributed by atoms with Crippen molar-refractivity contribution in [2.75, 3.05) is 13.2 Å². The van der Waals surface area contributed by atoms with Gasteiger partial charge in [0.25, 0.3) is 0 Å². The van der Waals surface area contributed by atoms with Crippen molar-refractivity contribution in [1.82, 2.24) is 4.90 Å². The van der Waals surface area contributed by atoms with Gasteiger partial charge in [-0.25, -0.2) is 0 Å². The van der Waals surface area contributed by atoms with E-state index in [0.717, 1.165) is 27.8 Å². The second-order valence-corrected chi connectivity index (χ2v) is 8.73. The van der Waals surface area contributed by atoms with Crippen LogP contribution in [-0.2, 0) is 9.59 Å². The topological polar surface area (TPSA) is 110 Å². The summed E-state index contributed by atoms with van der Waals surface area (Å²) in [7, 11) is 0. The van der Waals surface area contributed by atoms with Gasteiger partial charge in [0.15, 0.2) is 0 Å². The van der Waals surface area contributed by atoms with Gasteiger partial charge in [-0.2, -0.15) is 0 Å². The number of aliphatic hydroxyl groups is 2. The number of aliphatic carboxylic acids is 1. The van der Waals surface area contributed by atoms with Crippen LogP contribution in [0.15, 0.2) is 59.8 Å². The number of amides is 1. The first-order chi connectivity index (χ1) is 15.9. The van der Waals surface area contributed by atoms with Gasteiger partial charge >= 0.3 is 29.6 Å². The molecule has 1 aliphatic carbocycles. The molecule has 8 heteroatoms. The van der Waals surface area contributed by atoms with Gasteiger partial charge in [-0.05, 0) is 40.8 Å². The quantitative estimate of drug-likeness (QED) is 0.330. The summed E-state index contributed by atoms with van der Waals surface area (Å²) >= 11 is 0. The normalized spacial score (nSPS) is 24.2. The molecule has 2 aromatic carbocycles. The predicted octanol–water partition coefficient (Wildman–Crippen LogP) is -1.66. The molecule has 1 amide bonds. The van der Waals surface area contributed by atoms with E-state index in [0.29, 0.717) is 11.3 Å². The molecule has 170 valence electrons. The maximum absolute atomic E-state index is 12.5. The summed E-state index contributed by atoms with van der Waals surface area (Å²) in [6, 6.07) is 13.1. The van der Waals surface area contributed by atoms with Crippen LogP contribution in [0, 0.1) is 11.8 Å². The zero-order valence-electron chi connectivity index (χ0n) is 19.3. The number of aliphatic hydroxyl groups excluding tert-OH is 2. The average molecular weight is 469 g/mol. The van der Waals surface area contributed by atoms with Crippen LogP contribution in [0.2, 0.25) is 0 Å². The summed E-state index contributed by atoms with van der Waals surface area (Å²) in [4.78, 5) is 25.7. The molecule has 0 radical (unpaired) electrons. The number of rotatable bonds is 6. The average Bonchev–Trinajstić information content (AvgIpc) is 3.23. The van der Waals surface area contributed by atoms with Crippen LogP contribution in [0.5, 0.6) is 5.75 Å². The van der Waals surface area contributed by atoms with E-state index in [9.17, 15) is 24.9 Å². The van der Waals surface area contributed by atoms with E-state index in [-0.39, 0.29) is 54.4 Å². The standard InChI is InChI=1S/C26H25NO6.Na/c1-13-19(24(26(31)32)27-23(13)21(14(2)29)25(27)30)12-33-20-9-5-8-18-16(10-11-28)15-6-3-4-7-17(15)22(18)20;/h3-10,13-14,21,23,28-29H,11-12H2,1-2H3,(H,31,32);/q;+1/p-1/t13-,14?,21?,23?;/m0./s1. The smallest absolute Gasteiger partial charge is 0.543 e. The van der Waals surface area contributed by atoms with Crippen molar-refractivity contribution < 1.29 is 59.2 Å². The van der Waals surface area contributed by atoms with Gasteiger partial charge in [-0.15, -0.1) is 0 Å². The van der Waals surface area contributed by atoms with Crippen LogP contribution in [0.25, 0.3) is 16.7 Å². The molecule has 2 aromatic rings. The van der Waals surface area contributed by atoms with E-state index in [1.165, 1.54) is 4.90 Å². The number of benzene rings is 2. The third-order valence-electron chi connectivity index (χ3n) is 6.99. The zero-order valence-corrected chi connectivity index (χ0v) is 21.3. The molecule has 4 atom stereocenters. The molecular weight excluding hydrogens is 445 g/mol. The van der Waals surface area contributed by atoms with Gasteiger partial charge in [0.05, 0.1) is 36.3 Å². The summed E-state index contributed by atoms with van der Waals surface area (Å²) in [5, 5.41) is 31.5. The van der Waals surface area contributed by atoms with Gasteiger partial charge in [-0.1, -0.05) is 49.4 Å². The largest absolute Gasteiger partial charge is 1.00 e. The molecule has 34 heavy (non-hydrogen) atoms. The Morgan fingerprint density at radius 3 is 2.50 bits per heavy atom. The molecule has 3 aliphatic rings. The second kappa shape index (κ2) is 9.32. The van der Waals surface area contributed by atoms with E-state index in [1.807, 2.05) is 49.4 Å². The molecule has 0 saturated carbocycles. The van der Waals surface area contributed by atoms with Gasteiger partial charge in [-0.3, -0.25) is 4.79 Å². The molecule has 1 fully saturated rings. The monoisotopic (exact) mass is 469 g/mol. The number of fused-ring (bicyclic) bond motifs is 4. The maximum atomic E-state index is 12.5. The Morgan fingerprint density at radius 1 is 1.18 bits per heavy atom. The van der Waals surface area contributed by atoms with Crippen LogP contribution < -0.4 is 39.4 Å². The summed E-state index contributed by atoms with van der Waals surface area (Å²) < 4.78 is 6.18. The van der Waals surface area contributed by atoms with Crippen molar-refractivity contribution in [3.05, 3.63) is 70.9 Å². The van der Waals surface area contributed by atoms with Crippen molar-refractivity contribution >= 4 is 17.4 Å². The third kappa shape index (κ3) is 3.54. The minimum atomic E-state index is -1.42. The summed E-state index contributed by atoms with van der Waals surface area (Å²) in [5.74, 6) is -2.15. The fraction of sp³-hybridized carbons (Fsp3) is 0.308. The SMILES string of the molecule is CC(O)C1C(=O)N2C(C(=O)[O-])=C(COc3cccc4c3-c3ccccc3C4=CCO)[C@H](C)C12.[Na+]. The molecule has 7 nitrogen and oxygen atoms in total. The first kappa shape index (κ1) is 24.7. The number of ether oxygens (including phenoxy) is 1. The molecule has 2 aliphatic heterocycles. The Balaban J connectivity index is 0.00000274. The molecule has 0 bridgehead atoms. The first-order valence-electron chi connectivity index (χ1n) is 11.0. The molecule has 3 unspecified atom stereocenters. The number of carboxylic acids is 1. The second-order valence-electron chi connectivity index (χ2n) is 8.73. The van der Waals surface area contributed by atoms with Crippen molar-refractivity contribution in [3.8, 4) is 16.9 Å². The maximum Gasteiger partial charge on any atom is 1.00 e. The number of carbonyl (C=O) groups is 2. The number of hydrogen-bond acceptors (Lipinski definition) is 6. The first-order valence-corrected chi connectivity index (χ1v) is 11.0. The molecule has 2 N–H and O–H groups in total. The van der Waals surface area contributed by atoms with Crippen molar-refractivity contribution in [3.63, 3.8) is 0 Å². The molecule has 2 heterocycles. The predicted molar refractivity (Wildman–Crippen MR) is 119 cm³/mol. The van der Waals surface area contributed by atoms with Gasteiger partial charge in [0.2, 0.25) is 5.91 Å². The Morgan fingerprint density at radius 2 is 1.85 bits per heavy atom. The summed E-state index contributed by atoms with van der Waals surface area (Å²) in [6.45, 7) is 3.28. The van der Waals surface area contributed by atoms with E-state index in [1.54, 1.807) is 13.0 Å². The molecule has 0 spiro atoms. The third-order valence-corrected chi connectivity index (χ3v) is 6.99. The van der Waals surface area contributed by atoms with Gasteiger partial charge < -0.3 is 29.8 Å². The van der Waals surface area contributed by atoms with Crippen molar-refractivity contribution in [1.29, 1.82) is 0 Å². The molecular formula is C26H24NNaO6. The minimum Gasteiger partial charge on any atom is -0.543 e.